The minimum atomic E-state index is 0.0286. The lowest BCUT2D eigenvalue weighted by molar-refractivity contribution is -0.116. The zero-order chi connectivity index (χ0) is 24.9. The summed E-state index contributed by atoms with van der Waals surface area (Å²) in [5.74, 6) is 0.855. The van der Waals surface area contributed by atoms with Crippen molar-refractivity contribution >= 4 is 36.4 Å². The van der Waals surface area contributed by atoms with Gasteiger partial charge >= 0.3 is 0 Å². The molecule has 4 aromatic rings. The van der Waals surface area contributed by atoms with Crippen molar-refractivity contribution in [2.45, 2.75) is 32.2 Å². The number of phenolic OH excluding ortho intramolecular Hbond substituents is 1. The molecule has 0 bridgehead atoms. The Balaban J connectivity index is 1.28. The zero-order valence-electron chi connectivity index (χ0n) is 20.2. The summed E-state index contributed by atoms with van der Waals surface area (Å²) in [4.78, 5) is 19.5. The summed E-state index contributed by atoms with van der Waals surface area (Å²) >= 11 is 0. The Hall–Kier alpha value is -3.85. The van der Waals surface area contributed by atoms with Crippen molar-refractivity contribution in [1.82, 2.24) is 19.5 Å². The van der Waals surface area contributed by atoms with Gasteiger partial charge in [-0.05, 0) is 61.2 Å². The van der Waals surface area contributed by atoms with E-state index >= 15 is 0 Å². The molecule has 1 amide bonds. The van der Waals surface area contributed by atoms with E-state index in [1.807, 2.05) is 42.5 Å². The third-order valence-corrected chi connectivity index (χ3v) is 6.47. The van der Waals surface area contributed by atoms with Crippen LogP contribution in [-0.2, 0) is 11.3 Å². The molecular formula is C27H29BN6O2. The summed E-state index contributed by atoms with van der Waals surface area (Å²) < 4.78 is 1.64. The number of phenols is 1. The topological polar surface area (TPSA) is 94.8 Å². The van der Waals surface area contributed by atoms with E-state index in [4.69, 9.17) is 7.85 Å². The number of aromatic nitrogens is 3. The van der Waals surface area contributed by atoms with Crippen molar-refractivity contribution in [3.8, 4) is 17.0 Å². The summed E-state index contributed by atoms with van der Waals surface area (Å²) in [7, 11) is 6.10. The fraction of sp³-hybridized carbons (Fsp3) is 0.296. The molecule has 1 fully saturated rings. The highest BCUT2D eigenvalue weighted by atomic mass is 16.3. The highest BCUT2D eigenvalue weighted by Crippen LogP contribution is 2.29. The number of fused-ring (bicyclic) bond motifs is 1. The molecule has 36 heavy (non-hydrogen) atoms. The highest BCUT2D eigenvalue weighted by Gasteiger charge is 2.14. The standard InChI is InChI=1S/C27H29BN6O2/c28-22-18-30-34-25(16-23(32-27(22)34)21-9-2-3-10-24(21)35)29-17-19-7-6-8-20(15-19)31-26(36)11-14-33-12-4-1-5-13-33/h2-3,6-10,15-16,18,29,35H,1,4-5,11-14,17H2,(H,31,36). The Morgan fingerprint density at radius 1 is 1.06 bits per heavy atom. The molecule has 0 unspecified atom stereocenters. The van der Waals surface area contributed by atoms with Gasteiger partial charge in [0.2, 0.25) is 5.91 Å². The van der Waals surface area contributed by atoms with E-state index in [1.165, 1.54) is 19.3 Å². The SMILES string of the molecule is [B]c1cnn2c(NCc3cccc(NC(=O)CCN4CCCCC4)c3)cc(-c3ccccc3O)nc12. The van der Waals surface area contributed by atoms with Crippen LogP contribution in [-0.4, -0.2) is 58.0 Å². The van der Waals surface area contributed by atoms with Crippen molar-refractivity contribution in [1.29, 1.82) is 0 Å². The van der Waals surface area contributed by atoms with Crippen LogP contribution in [0.25, 0.3) is 16.9 Å². The number of anilines is 2. The molecule has 2 aromatic carbocycles. The third-order valence-electron chi connectivity index (χ3n) is 6.47. The van der Waals surface area contributed by atoms with Crippen LogP contribution in [0.1, 0.15) is 31.2 Å². The quantitative estimate of drug-likeness (QED) is 0.335. The minimum Gasteiger partial charge on any atom is -0.507 e. The lowest BCUT2D eigenvalue weighted by atomic mass is 10.0. The Bertz CT molecular complexity index is 1370. The molecule has 0 spiro atoms. The van der Waals surface area contributed by atoms with Crippen LogP contribution in [0.2, 0.25) is 0 Å². The predicted molar refractivity (Wildman–Crippen MR) is 143 cm³/mol. The summed E-state index contributed by atoms with van der Waals surface area (Å²) in [6.07, 6.45) is 5.78. The maximum Gasteiger partial charge on any atom is 0.225 e. The number of amides is 1. The molecule has 3 heterocycles. The number of nitrogens with one attached hydrogen (secondary N) is 2. The van der Waals surface area contributed by atoms with Gasteiger partial charge in [-0.3, -0.25) is 4.79 Å². The maximum atomic E-state index is 12.5. The van der Waals surface area contributed by atoms with E-state index in [2.05, 4.69) is 25.6 Å². The number of rotatable bonds is 8. The molecule has 0 aliphatic carbocycles. The van der Waals surface area contributed by atoms with Crippen LogP contribution in [0.3, 0.4) is 0 Å². The number of nitrogens with zero attached hydrogens (tertiary/aromatic N) is 4. The number of carbonyl (C=O) groups is 1. The number of piperidine rings is 1. The number of carbonyl (C=O) groups excluding carboxylic acids is 1. The second-order valence-corrected chi connectivity index (χ2v) is 9.13. The Labute approximate surface area is 211 Å². The number of aromatic hydroxyl groups is 1. The molecule has 9 heteroatoms. The first-order valence-corrected chi connectivity index (χ1v) is 12.3. The van der Waals surface area contributed by atoms with Crippen LogP contribution >= 0.6 is 0 Å². The van der Waals surface area contributed by atoms with Gasteiger partial charge in [0.25, 0.3) is 0 Å². The van der Waals surface area contributed by atoms with Gasteiger partial charge in [-0.2, -0.15) is 9.61 Å². The summed E-state index contributed by atoms with van der Waals surface area (Å²) in [5.41, 5.74) is 3.93. The first kappa shape index (κ1) is 23.9. The van der Waals surface area contributed by atoms with Crippen molar-refractivity contribution in [2.24, 2.45) is 0 Å². The molecule has 182 valence electrons. The number of para-hydroxylation sites is 1. The lowest BCUT2D eigenvalue weighted by Gasteiger charge is -2.25. The molecule has 2 radical (unpaired) electrons. The number of benzene rings is 2. The summed E-state index contributed by atoms with van der Waals surface area (Å²) in [5, 5.41) is 21.1. The van der Waals surface area contributed by atoms with E-state index in [1.54, 1.807) is 22.8 Å². The van der Waals surface area contributed by atoms with E-state index in [0.717, 1.165) is 30.9 Å². The van der Waals surface area contributed by atoms with E-state index in [-0.39, 0.29) is 11.7 Å². The van der Waals surface area contributed by atoms with Crippen molar-refractivity contribution in [3.63, 3.8) is 0 Å². The van der Waals surface area contributed by atoms with Crippen LogP contribution in [0.5, 0.6) is 5.75 Å². The molecule has 0 atom stereocenters. The molecule has 1 aliphatic rings. The van der Waals surface area contributed by atoms with Crippen molar-refractivity contribution < 1.29 is 9.90 Å². The van der Waals surface area contributed by atoms with Crippen LogP contribution in [0, 0.1) is 0 Å². The maximum absolute atomic E-state index is 12.5. The normalized spacial score (nSPS) is 14.1. The van der Waals surface area contributed by atoms with E-state index in [9.17, 15) is 9.90 Å². The number of hydrogen-bond acceptors (Lipinski definition) is 6. The molecule has 2 aromatic heterocycles. The predicted octanol–water partition coefficient (Wildman–Crippen LogP) is 3.32. The van der Waals surface area contributed by atoms with Gasteiger partial charge < -0.3 is 20.6 Å². The van der Waals surface area contributed by atoms with Crippen LogP contribution in [0.4, 0.5) is 11.5 Å². The summed E-state index contributed by atoms with van der Waals surface area (Å²) in [6.45, 7) is 3.47. The van der Waals surface area contributed by atoms with Crippen molar-refractivity contribution in [3.05, 3.63) is 66.4 Å². The fourth-order valence-electron chi connectivity index (χ4n) is 4.55. The Kier molecular flexibility index (Phi) is 7.18. The molecule has 0 saturated carbocycles. The zero-order valence-corrected chi connectivity index (χ0v) is 20.2. The molecular weight excluding hydrogens is 451 g/mol. The van der Waals surface area contributed by atoms with Gasteiger partial charge in [0.1, 0.15) is 19.4 Å². The molecule has 3 N–H and O–H groups in total. The van der Waals surface area contributed by atoms with Gasteiger partial charge in [-0.15, -0.1) is 0 Å². The Morgan fingerprint density at radius 2 is 1.89 bits per heavy atom. The number of hydrogen-bond donors (Lipinski definition) is 3. The first-order valence-electron chi connectivity index (χ1n) is 12.3. The molecule has 1 aliphatic heterocycles. The van der Waals surface area contributed by atoms with E-state index in [0.29, 0.717) is 41.2 Å². The van der Waals surface area contributed by atoms with Gasteiger partial charge in [-0.25, -0.2) is 4.98 Å². The van der Waals surface area contributed by atoms with Gasteiger partial charge in [0, 0.05) is 43.0 Å². The largest absolute Gasteiger partial charge is 0.507 e. The third kappa shape index (κ3) is 5.52. The molecule has 5 rings (SSSR count). The number of likely N-dealkylation sites (tertiary alicyclic amines) is 1. The second-order valence-electron chi connectivity index (χ2n) is 9.13. The lowest BCUT2D eigenvalue weighted by Crippen LogP contribution is -2.32. The first-order chi connectivity index (χ1) is 17.6. The van der Waals surface area contributed by atoms with Crippen LogP contribution in [0.15, 0.2) is 60.8 Å². The molecule has 8 nitrogen and oxygen atoms in total. The van der Waals surface area contributed by atoms with Gasteiger partial charge in [0.15, 0.2) is 5.65 Å². The second kappa shape index (κ2) is 10.8. The highest BCUT2D eigenvalue weighted by molar-refractivity contribution is 6.36. The average molecular weight is 480 g/mol. The molecule has 1 saturated heterocycles. The van der Waals surface area contributed by atoms with E-state index < -0.39 is 0 Å². The van der Waals surface area contributed by atoms with Gasteiger partial charge in [0.05, 0.1) is 5.69 Å². The average Bonchev–Trinajstić information content (AvgIpc) is 3.28. The summed E-state index contributed by atoms with van der Waals surface area (Å²) in [6, 6.07) is 16.7. The minimum absolute atomic E-state index is 0.0286. The Morgan fingerprint density at radius 3 is 2.72 bits per heavy atom. The fourth-order valence-corrected chi connectivity index (χ4v) is 4.55. The van der Waals surface area contributed by atoms with Crippen LogP contribution < -0.4 is 16.1 Å². The van der Waals surface area contributed by atoms with Crippen molar-refractivity contribution in [2.75, 3.05) is 30.3 Å². The monoisotopic (exact) mass is 480 g/mol. The van der Waals surface area contributed by atoms with Gasteiger partial charge in [-0.1, -0.05) is 30.7 Å². The smallest absolute Gasteiger partial charge is 0.225 e.